The van der Waals surface area contributed by atoms with Crippen LogP contribution in [0.5, 0.6) is 5.75 Å². The highest BCUT2D eigenvalue weighted by Crippen LogP contribution is 2.28. The molecular formula is C25H23N3O3S2. The molecule has 2 amide bonds. The third kappa shape index (κ3) is 5.53. The summed E-state index contributed by atoms with van der Waals surface area (Å²) in [5.41, 5.74) is 1.78. The highest BCUT2D eigenvalue weighted by molar-refractivity contribution is 7.99. The zero-order valence-corrected chi connectivity index (χ0v) is 19.9. The molecule has 0 unspecified atom stereocenters. The minimum atomic E-state index is -0.263. The van der Waals surface area contributed by atoms with Gasteiger partial charge in [-0.1, -0.05) is 48.2 Å². The minimum absolute atomic E-state index is 0.00313. The molecule has 2 aromatic carbocycles. The Morgan fingerprint density at radius 3 is 2.67 bits per heavy atom. The van der Waals surface area contributed by atoms with Crippen molar-refractivity contribution in [3.63, 3.8) is 0 Å². The average molecular weight is 478 g/mol. The maximum Gasteiger partial charge on any atom is 0.256 e. The van der Waals surface area contributed by atoms with Gasteiger partial charge in [0.1, 0.15) is 5.75 Å². The van der Waals surface area contributed by atoms with E-state index >= 15 is 0 Å². The summed E-state index contributed by atoms with van der Waals surface area (Å²) in [6.45, 7) is 0.578. The lowest BCUT2D eigenvalue weighted by atomic mass is 10.1. The van der Waals surface area contributed by atoms with Crippen LogP contribution < -0.4 is 10.1 Å². The lowest BCUT2D eigenvalue weighted by molar-refractivity contribution is -0.127. The molecule has 0 radical (unpaired) electrons. The van der Waals surface area contributed by atoms with Crippen LogP contribution in [0.2, 0.25) is 0 Å². The fraction of sp³-hybridized carbons (Fsp3) is 0.160. The maximum atomic E-state index is 13.2. The number of pyridine rings is 1. The van der Waals surface area contributed by atoms with Crippen molar-refractivity contribution >= 4 is 51.5 Å². The van der Waals surface area contributed by atoms with Gasteiger partial charge < -0.3 is 15.0 Å². The molecule has 6 nitrogen and oxygen atoms in total. The number of methoxy groups -OCH3 is 1. The van der Waals surface area contributed by atoms with Crippen LogP contribution >= 0.6 is 23.1 Å². The number of thiophene rings is 1. The number of benzene rings is 2. The number of fused-ring (bicyclic) bond motifs is 1. The summed E-state index contributed by atoms with van der Waals surface area (Å²) in [6.07, 6.45) is 0. The third-order valence-electron chi connectivity index (χ3n) is 5.03. The van der Waals surface area contributed by atoms with Crippen molar-refractivity contribution in [1.29, 1.82) is 0 Å². The first-order valence-corrected chi connectivity index (χ1v) is 12.1. The number of nitrogens with zero attached hydrogens (tertiary/aromatic N) is 2. The van der Waals surface area contributed by atoms with Crippen LogP contribution in [0.1, 0.15) is 15.2 Å². The Bertz CT molecular complexity index is 1280. The predicted octanol–water partition coefficient (Wildman–Crippen LogP) is 5.31. The maximum absolute atomic E-state index is 13.2. The Labute approximate surface area is 200 Å². The predicted molar refractivity (Wildman–Crippen MR) is 134 cm³/mol. The van der Waals surface area contributed by atoms with Gasteiger partial charge in [-0.25, -0.2) is 4.98 Å². The van der Waals surface area contributed by atoms with Gasteiger partial charge in [0.2, 0.25) is 5.91 Å². The lowest BCUT2D eigenvalue weighted by Crippen LogP contribution is -2.27. The lowest BCUT2D eigenvalue weighted by Gasteiger charge is -2.16. The van der Waals surface area contributed by atoms with Crippen molar-refractivity contribution in [1.82, 2.24) is 9.88 Å². The first-order valence-electron chi connectivity index (χ1n) is 10.3. The SMILES string of the molecule is COc1ccccc1NC(=O)c1cc(SCC(=O)N(C)Cc2cccs2)nc2ccccc12. The van der Waals surface area contributed by atoms with Gasteiger partial charge in [-0.3, -0.25) is 9.59 Å². The summed E-state index contributed by atoms with van der Waals surface area (Å²) in [5, 5.41) is 6.30. The summed E-state index contributed by atoms with van der Waals surface area (Å²) < 4.78 is 5.35. The molecular weight excluding hydrogens is 454 g/mol. The van der Waals surface area contributed by atoms with Gasteiger partial charge in [0.15, 0.2) is 0 Å². The number of ether oxygens (including phenoxy) is 1. The molecule has 1 N–H and O–H groups in total. The Kier molecular flexibility index (Phi) is 7.26. The van der Waals surface area contributed by atoms with Crippen LogP contribution in [0.15, 0.2) is 77.1 Å². The number of carbonyl (C=O) groups excluding carboxylic acids is 2. The molecule has 2 heterocycles. The molecule has 0 saturated carbocycles. The van der Waals surface area contributed by atoms with Gasteiger partial charge in [0.25, 0.3) is 5.91 Å². The second-order valence-electron chi connectivity index (χ2n) is 7.30. The van der Waals surface area contributed by atoms with Crippen LogP contribution in [-0.4, -0.2) is 41.6 Å². The van der Waals surface area contributed by atoms with E-state index in [0.29, 0.717) is 34.1 Å². The number of hydrogen-bond acceptors (Lipinski definition) is 6. The Morgan fingerprint density at radius 1 is 1.09 bits per heavy atom. The molecule has 33 heavy (non-hydrogen) atoms. The number of hydrogen-bond donors (Lipinski definition) is 1. The highest BCUT2D eigenvalue weighted by Gasteiger charge is 2.17. The standard InChI is InChI=1S/C25H23N3O3S2/c1-28(15-17-8-7-13-32-17)24(29)16-33-23-14-19(18-9-3-4-10-20(18)26-23)25(30)27-21-11-5-6-12-22(21)31-2/h3-14H,15-16H2,1-2H3,(H,27,30). The molecule has 0 spiro atoms. The van der Waals surface area contributed by atoms with E-state index in [4.69, 9.17) is 4.74 Å². The molecule has 168 valence electrons. The van der Waals surface area contributed by atoms with Crippen LogP contribution in [0, 0.1) is 0 Å². The van der Waals surface area contributed by atoms with Gasteiger partial charge in [0.05, 0.1) is 41.2 Å². The molecule has 4 rings (SSSR count). The minimum Gasteiger partial charge on any atom is -0.495 e. The highest BCUT2D eigenvalue weighted by atomic mass is 32.2. The van der Waals surface area contributed by atoms with Crippen molar-refractivity contribution in [3.05, 3.63) is 82.6 Å². The fourth-order valence-corrected chi connectivity index (χ4v) is 4.93. The summed E-state index contributed by atoms with van der Waals surface area (Å²) in [4.78, 5) is 33.3. The second kappa shape index (κ2) is 10.5. The number of aromatic nitrogens is 1. The van der Waals surface area contributed by atoms with E-state index in [1.165, 1.54) is 11.8 Å². The van der Waals surface area contributed by atoms with Gasteiger partial charge >= 0.3 is 0 Å². The average Bonchev–Trinajstić information content (AvgIpc) is 3.35. The van der Waals surface area contributed by atoms with Crippen LogP contribution in [0.4, 0.5) is 5.69 Å². The van der Waals surface area contributed by atoms with E-state index < -0.39 is 0 Å². The number of thioether (sulfide) groups is 1. The number of anilines is 1. The number of nitrogens with one attached hydrogen (secondary N) is 1. The normalized spacial score (nSPS) is 10.7. The number of rotatable bonds is 8. The van der Waals surface area contributed by atoms with Crippen molar-refractivity contribution in [2.75, 3.05) is 25.2 Å². The van der Waals surface area contributed by atoms with E-state index in [1.54, 1.807) is 48.6 Å². The zero-order chi connectivity index (χ0) is 23.2. The van der Waals surface area contributed by atoms with Gasteiger partial charge in [-0.2, -0.15) is 0 Å². The molecule has 0 bridgehead atoms. The zero-order valence-electron chi connectivity index (χ0n) is 18.3. The first-order chi connectivity index (χ1) is 16.0. The van der Waals surface area contributed by atoms with Crippen molar-refractivity contribution in [3.8, 4) is 5.75 Å². The monoisotopic (exact) mass is 477 g/mol. The van der Waals surface area contributed by atoms with Crippen molar-refractivity contribution in [2.24, 2.45) is 0 Å². The van der Waals surface area contributed by atoms with Gasteiger partial charge in [-0.15, -0.1) is 11.3 Å². The Balaban J connectivity index is 1.54. The van der Waals surface area contributed by atoms with Crippen LogP contribution in [0.3, 0.4) is 0 Å². The number of para-hydroxylation sites is 3. The summed E-state index contributed by atoms with van der Waals surface area (Å²) in [7, 11) is 3.36. The molecule has 0 atom stereocenters. The number of carbonyl (C=O) groups is 2. The van der Waals surface area contributed by atoms with E-state index in [9.17, 15) is 9.59 Å². The Morgan fingerprint density at radius 2 is 1.88 bits per heavy atom. The molecule has 0 saturated heterocycles. The quantitative estimate of drug-likeness (QED) is 0.348. The van der Waals surface area contributed by atoms with E-state index in [-0.39, 0.29) is 17.6 Å². The van der Waals surface area contributed by atoms with Crippen molar-refractivity contribution < 1.29 is 14.3 Å². The summed E-state index contributed by atoms with van der Waals surface area (Å²) in [5.74, 6) is 0.559. The molecule has 0 fully saturated rings. The van der Waals surface area contributed by atoms with Crippen LogP contribution in [0.25, 0.3) is 10.9 Å². The summed E-state index contributed by atoms with van der Waals surface area (Å²) in [6, 6.07) is 20.5. The Hall–Kier alpha value is -3.36. The van der Waals surface area contributed by atoms with E-state index in [1.807, 2.05) is 53.9 Å². The summed E-state index contributed by atoms with van der Waals surface area (Å²) >= 11 is 2.95. The topological polar surface area (TPSA) is 71.5 Å². The molecule has 2 aromatic heterocycles. The van der Waals surface area contributed by atoms with Crippen molar-refractivity contribution in [2.45, 2.75) is 11.6 Å². The fourth-order valence-electron chi connectivity index (χ4n) is 3.32. The molecule has 8 heteroatoms. The van der Waals surface area contributed by atoms with E-state index in [2.05, 4.69) is 10.3 Å². The molecule has 4 aromatic rings. The first kappa shape index (κ1) is 22.8. The molecule has 0 aliphatic carbocycles. The molecule has 0 aliphatic heterocycles. The van der Waals surface area contributed by atoms with E-state index in [0.717, 1.165) is 10.3 Å². The largest absolute Gasteiger partial charge is 0.495 e. The molecule has 0 aliphatic rings. The van der Waals surface area contributed by atoms with Gasteiger partial charge in [-0.05, 0) is 35.7 Å². The van der Waals surface area contributed by atoms with Crippen LogP contribution in [-0.2, 0) is 11.3 Å². The smallest absolute Gasteiger partial charge is 0.256 e. The third-order valence-corrected chi connectivity index (χ3v) is 6.79. The second-order valence-corrected chi connectivity index (χ2v) is 9.33. The van der Waals surface area contributed by atoms with Gasteiger partial charge in [0, 0.05) is 17.3 Å². The number of amides is 2.